The van der Waals surface area contributed by atoms with Crippen LogP contribution < -0.4 is 10.9 Å². The van der Waals surface area contributed by atoms with Crippen LogP contribution in [0, 0.1) is 5.82 Å². The molecule has 6 heteroatoms. The molecule has 2 N–H and O–H groups in total. The number of nitrogens with zero attached hydrogens (tertiary/aromatic N) is 1. The maximum Gasteiger partial charge on any atom is 0.258 e. The quantitative estimate of drug-likeness (QED) is 0.774. The Morgan fingerprint density at radius 3 is 2.83 bits per heavy atom. The highest BCUT2D eigenvalue weighted by Gasteiger charge is 2.07. The number of amides is 1. The molecule has 0 atom stereocenters. The molecular weight excluding hydrogens is 297 g/mol. The van der Waals surface area contributed by atoms with Crippen molar-refractivity contribution in [3.8, 4) is 0 Å². The van der Waals surface area contributed by atoms with Crippen molar-refractivity contribution in [1.82, 2.24) is 15.3 Å². The standard InChI is InChI=1S/C17H14FN3O2/c18-12-5-3-4-11(10-12)16(22)19-9-8-15-20-14-7-2-1-6-13(14)17(23)21-15/h1-7,10H,8-9H2,(H,19,22)(H,20,21,23). The molecule has 3 aromatic rings. The van der Waals surface area contributed by atoms with Crippen LogP contribution >= 0.6 is 0 Å². The van der Waals surface area contributed by atoms with E-state index in [9.17, 15) is 14.0 Å². The fourth-order valence-electron chi connectivity index (χ4n) is 2.28. The number of para-hydroxylation sites is 1. The molecule has 116 valence electrons. The third-order valence-electron chi connectivity index (χ3n) is 3.40. The van der Waals surface area contributed by atoms with Gasteiger partial charge in [0, 0.05) is 18.5 Å². The first-order valence-corrected chi connectivity index (χ1v) is 7.15. The van der Waals surface area contributed by atoms with Gasteiger partial charge < -0.3 is 10.3 Å². The van der Waals surface area contributed by atoms with Gasteiger partial charge in [0.1, 0.15) is 11.6 Å². The number of nitrogens with one attached hydrogen (secondary N) is 2. The molecular formula is C17H14FN3O2. The lowest BCUT2D eigenvalue weighted by atomic mass is 10.2. The minimum atomic E-state index is -0.460. The Bertz CT molecular complexity index is 921. The SMILES string of the molecule is O=C(NCCc1nc2ccccc2c(=O)[nH]1)c1cccc(F)c1. The van der Waals surface area contributed by atoms with E-state index in [1.165, 1.54) is 24.3 Å². The average molecular weight is 311 g/mol. The minimum absolute atomic E-state index is 0.206. The molecule has 0 saturated heterocycles. The number of benzene rings is 2. The molecule has 0 radical (unpaired) electrons. The van der Waals surface area contributed by atoms with Crippen molar-refractivity contribution < 1.29 is 9.18 Å². The Labute approximate surface area is 131 Å². The largest absolute Gasteiger partial charge is 0.352 e. The van der Waals surface area contributed by atoms with E-state index in [0.29, 0.717) is 23.1 Å². The maximum absolute atomic E-state index is 13.1. The molecule has 1 heterocycles. The Morgan fingerprint density at radius 2 is 2.00 bits per heavy atom. The molecule has 0 aliphatic carbocycles. The Kier molecular flexibility index (Phi) is 4.14. The lowest BCUT2D eigenvalue weighted by Gasteiger charge is -2.06. The highest BCUT2D eigenvalue weighted by Crippen LogP contribution is 2.06. The fraction of sp³-hybridized carbons (Fsp3) is 0.118. The minimum Gasteiger partial charge on any atom is -0.352 e. The van der Waals surface area contributed by atoms with Gasteiger partial charge in [0.15, 0.2) is 0 Å². The van der Waals surface area contributed by atoms with E-state index >= 15 is 0 Å². The van der Waals surface area contributed by atoms with Crippen LogP contribution in [0.15, 0.2) is 53.3 Å². The smallest absolute Gasteiger partial charge is 0.258 e. The number of rotatable bonds is 4. The number of fused-ring (bicyclic) bond motifs is 1. The molecule has 1 aromatic heterocycles. The summed E-state index contributed by atoms with van der Waals surface area (Å²) in [5.41, 5.74) is 0.662. The molecule has 0 saturated carbocycles. The van der Waals surface area contributed by atoms with E-state index < -0.39 is 5.82 Å². The number of halogens is 1. The van der Waals surface area contributed by atoms with Crippen LogP contribution in [0.5, 0.6) is 0 Å². The fourth-order valence-corrected chi connectivity index (χ4v) is 2.28. The van der Waals surface area contributed by atoms with Crippen LogP contribution in [0.3, 0.4) is 0 Å². The van der Waals surface area contributed by atoms with Crippen LogP contribution in [0.2, 0.25) is 0 Å². The molecule has 23 heavy (non-hydrogen) atoms. The Hall–Kier alpha value is -3.02. The zero-order valence-corrected chi connectivity index (χ0v) is 12.2. The summed E-state index contributed by atoms with van der Waals surface area (Å²) in [5.74, 6) is -0.334. The predicted octanol–water partition coefficient (Wildman–Crippen LogP) is 2.03. The average Bonchev–Trinajstić information content (AvgIpc) is 2.55. The predicted molar refractivity (Wildman–Crippen MR) is 84.8 cm³/mol. The molecule has 0 aliphatic heterocycles. The monoisotopic (exact) mass is 311 g/mol. The lowest BCUT2D eigenvalue weighted by Crippen LogP contribution is -2.27. The first-order chi connectivity index (χ1) is 11.1. The number of hydrogen-bond donors (Lipinski definition) is 2. The summed E-state index contributed by atoms with van der Waals surface area (Å²) in [4.78, 5) is 30.9. The number of carbonyl (C=O) groups excluding carboxylic acids is 1. The van der Waals surface area contributed by atoms with E-state index in [0.717, 1.165) is 0 Å². The summed E-state index contributed by atoms with van der Waals surface area (Å²) < 4.78 is 13.1. The molecule has 0 bridgehead atoms. The highest BCUT2D eigenvalue weighted by molar-refractivity contribution is 5.94. The summed E-state index contributed by atoms with van der Waals surface area (Å²) in [6.07, 6.45) is 0.376. The van der Waals surface area contributed by atoms with Crippen molar-refractivity contribution in [2.24, 2.45) is 0 Å². The number of hydrogen-bond acceptors (Lipinski definition) is 3. The van der Waals surface area contributed by atoms with Gasteiger partial charge in [-0.1, -0.05) is 18.2 Å². The van der Waals surface area contributed by atoms with E-state index in [1.807, 2.05) is 6.07 Å². The zero-order valence-electron chi connectivity index (χ0n) is 12.2. The normalized spacial score (nSPS) is 10.7. The second-order valence-corrected chi connectivity index (χ2v) is 5.05. The number of aromatic nitrogens is 2. The van der Waals surface area contributed by atoms with Gasteiger partial charge in [-0.3, -0.25) is 9.59 Å². The van der Waals surface area contributed by atoms with Crippen molar-refractivity contribution in [2.75, 3.05) is 6.54 Å². The molecule has 5 nitrogen and oxygen atoms in total. The highest BCUT2D eigenvalue weighted by atomic mass is 19.1. The Morgan fingerprint density at radius 1 is 1.17 bits per heavy atom. The maximum atomic E-state index is 13.1. The van der Waals surface area contributed by atoms with Crippen LogP contribution in [0.4, 0.5) is 4.39 Å². The number of aromatic amines is 1. The van der Waals surface area contributed by atoms with Crippen molar-refractivity contribution >= 4 is 16.8 Å². The zero-order chi connectivity index (χ0) is 16.2. The van der Waals surface area contributed by atoms with Crippen molar-refractivity contribution in [3.05, 3.63) is 76.1 Å². The third-order valence-corrected chi connectivity index (χ3v) is 3.40. The first-order valence-electron chi connectivity index (χ1n) is 7.15. The van der Waals surface area contributed by atoms with Crippen LogP contribution in [-0.2, 0) is 6.42 Å². The number of carbonyl (C=O) groups is 1. The molecule has 1 amide bonds. The molecule has 3 rings (SSSR count). The summed E-state index contributed by atoms with van der Waals surface area (Å²) >= 11 is 0. The topological polar surface area (TPSA) is 74.8 Å². The lowest BCUT2D eigenvalue weighted by molar-refractivity contribution is 0.0953. The number of H-pyrrole nitrogens is 1. The van der Waals surface area contributed by atoms with Crippen LogP contribution in [-0.4, -0.2) is 22.4 Å². The Balaban J connectivity index is 1.67. The van der Waals surface area contributed by atoms with Gasteiger partial charge in [0.25, 0.3) is 11.5 Å². The molecule has 2 aromatic carbocycles. The van der Waals surface area contributed by atoms with E-state index in [-0.39, 0.29) is 23.6 Å². The third kappa shape index (κ3) is 3.42. The molecule has 0 unspecified atom stereocenters. The van der Waals surface area contributed by atoms with Gasteiger partial charge in [0.05, 0.1) is 10.9 Å². The van der Waals surface area contributed by atoms with Gasteiger partial charge in [-0.25, -0.2) is 9.37 Å². The summed E-state index contributed by atoms with van der Waals surface area (Å²) in [5, 5.41) is 3.20. The van der Waals surface area contributed by atoms with Crippen molar-refractivity contribution in [3.63, 3.8) is 0 Å². The van der Waals surface area contributed by atoms with Crippen molar-refractivity contribution in [1.29, 1.82) is 0 Å². The van der Waals surface area contributed by atoms with Crippen molar-refractivity contribution in [2.45, 2.75) is 6.42 Å². The molecule has 0 fully saturated rings. The van der Waals surface area contributed by atoms with Gasteiger partial charge in [-0.15, -0.1) is 0 Å². The van der Waals surface area contributed by atoms with E-state index in [2.05, 4.69) is 15.3 Å². The van der Waals surface area contributed by atoms with Gasteiger partial charge in [-0.2, -0.15) is 0 Å². The molecule has 0 aliphatic rings. The summed E-state index contributed by atoms with van der Waals surface area (Å²) in [6, 6.07) is 12.5. The second-order valence-electron chi connectivity index (χ2n) is 5.05. The summed E-state index contributed by atoms with van der Waals surface area (Å²) in [7, 11) is 0. The van der Waals surface area contributed by atoms with Gasteiger partial charge in [-0.05, 0) is 30.3 Å². The van der Waals surface area contributed by atoms with Gasteiger partial charge in [0.2, 0.25) is 0 Å². The van der Waals surface area contributed by atoms with Crippen LogP contribution in [0.25, 0.3) is 10.9 Å². The molecule has 0 spiro atoms. The first kappa shape index (κ1) is 14.9. The van der Waals surface area contributed by atoms with E-state index in [1.54, 1.807) is 18.2 Å². The van der Waals surface area contributed by atoms with E-state index in [4.69, 9.17) is 0 Å². The van der Waals surface area contributed by atoms with Crippen LogP contribution in [0.1, 0.15) is 16.2 Å². The second kappa shape index (κ2) is 6.39. The summed E-state index contributed by atoms with van der Waals surface area (Å²) in [6.45, 7) is 0.288. The van der Waals surface area contributed by atoms with Gasteiger partial charge >= 0.3 is 0 Å².